The van der Waals surface area contributed by atoms with Crippen LogP contribution in [0, 0.1) is 0 Å². The minimum atomic E-state index is -0.204. The molecule has 0 bridgehead atoms. The average Bonchev–Trinajstić information content (AvgIpc) is 3.47. The maximum Gasteiger partial charge on any atom is 1.00 e. The number of phenolic OH excluding ortho intramolecular Hbond substituents is 2. The number of esters is 3. The van der Waals surface area contributed by atoms with Gasteiger partial charge >= 0.3 is 121 Å². The molecule has 0 amide bonds. The van der Waals surface area contributed by atoms with Crippen molar-refractivity contribution in [3.05, 3.63) is 146 Å². The van der Waals surface area contributed by atoms with E-state index in [0.29, 0.717) is 78.0 Å². The Morgan fingerprint density at radius 3 is 0.852 bits per heavy atom. The van der Waals surface area contributed by atoms with Crippen molar-refractivity contribution in [3.63, 3.8) is 0 Å². The third kappa shape index (κ3) is 37.3. The molecule has 6 aromatic carbocycles. The van der Waals surface area contributed by atoms with Gasteiger partial charge in [-0.1, -0.05) is 30.8 Å². The number of unbranched alkanes of at least 4 members (excludes halogenated alkanes) is 3. The van der Waals surface area contributed by atoms with Gasteiger partial charge in [-0.15, -0.1) is 0 Å². The number of phenols is 2. The summed E-state index contributed by atoms with van der Waals surface area (Å²) in [6.45, 7) is 0.879. The van der Waals surface area contributed by atoms with Crippen molar-refractivity contribution in [2.45, 2.75) is 72.6 Å². The first-order chi connectivity index (χ1) is 37.5. The number of halogens is 1. The number of carbonyl (C=O) groups excluding carboxylic acids is 4. The van der Waals surface area contributed by atoms with E-state index in [1.54, 1.807) is 72.8 Å². The summed E-state index contributed by atoms with van der Waals surface area (Å²) in [6, 6.07) is 42.0. The van der Waals surface area contributed by atoms with Crippen LogP contribution in [-0.4, -0.2) is 74.5 Å². The van der Waals surface area contributed by atoms with E-state index in [0.717, 1.165) is 55.4 Å². The van der Waals surface area contributed by atoms with E-state index in [1.807, 2.05) is 72.8 Å². The molecule has 0 radical (unpaired) electrons. The molecule has 0 aromatic heterocycles. The minimum absolute atomic E-state index is 0. The molecule has 0 saturated carbocycles. The van der Waals surface area contributed by atoms with Crippen molar-refractivity contribution in [1.29, 1.82) is 0 Å². The van der Waals surface area contributed by atoms with Gasteiger partial charge in [-0.05, 0) is 184 Å². The van der Waals surface area contributed by atoms with Crippen LogP contribution in [0.5, 0.6) is 23.0 Å². The second-order valence-corrected chi connectivity index (χ2v) is 16.3. The van der Waals surface area contributed by atoms with E-state index >= 15 is 0 Å². The summed E-state index contributed by atoms with van der Waals surface area (Å²) < 4.78 is 25.1. The SMILES string of the molecule is C.C.COC(=O)CCCCBr.COC(=O)CCCCOc1ccc(N=Nc2ccc(N=Nc3ccc(OCCCCC(=O)OC)cc3)cc2)cc1.O=CO[O-].Oc1ccc(N=Nc2ccc(N=Nc3ccc(O)cc3)cc2)cc1.[H-].[K+].[K+]. The van der Waals surface area contributed by atoms with Crippen LogP contribution in [0.4, 0.5) is 45.5 Å². The Balaban J connectivity index is -0.00000126. The maximum atomic E-state index is 11.1. The number of methoxy groups -OCH3 is 3. The molecule has 424 valence electrons. The second kappa shape index (κ2) is 49.2. The molecule has 2 N–H and O–H groups in total. The molecule has 0 spiro atoms. The molecule has 21 nitrogen and oxygen atoms in total. The smallest absolute Gasteiger partial charge is 1.00 e. The fourth-order valence-corrected chi connectivity index (χ4v) is 6.08. The standard InChI is InChI=1S/C30H34N4O6.C18H14N4O2.C6H11BrO2.CH2O3.2CH4.2K.H/c1-37-29(35)7-3-5-21-39-27-17-13-25(14-18-27)33-31-23-9-11-24(12-10-23)32-34-26-15-19-28(20-16-26)40-22-6-4-8-30(36)38-2;23-17-9-5-15(6-10-17)21-19-13-1-2-14(4-3-13)20-22-16-7-11-18(24)12-8-16;1-9-6(8)4-2-3-5-7;2-1-4-3;;;;;/h9-20H,3-8,21-22H2,1-2H3;1-12,23-24H;2-5H2,1H3;1,3H;2*1H4;;;/q;;;;;;2*+1;-1/p-1. The van der Waals surface area contributed by atoms with E-state index in [2.05, 4.69) is 75.9 Å². The van der Waals surface area contributed by atoms with Crippen molar-refractivity contribution in [2.75, 3.05) is 39.9 Å². The van der Waals surface area contributed by atoms with Gasteiger partial charge in [-0.25, -0.2) is 0 Å². The molecule has 0 saturated heterocycles. The Hall–Kier alpha value is -5.49. The van der Waals surface area contributed by atoms with Crippen LogP contribution >= 0.6 is 15.9 Å². The average molecular weight is 1230 g/mol. The Morgan fingerprint density at radius 1 is 0.432 bits per heavy atom. The molecule has 6 rings (SSSR count). The molecule has 0 aliphatic heterocycles. The predicted octanol–water partition coefficient (Wildman–Crippen LogP) is 9.44. The molecule has 0 heterocycles. The van der Waals surface area contributed by atoms with Gasteiger partial charge in [-0.3, -0.25) is 19.2 Å². The third-order valence-electron chi connectivity index (χ3n) is 9.77. The van der Waals surface area contributed by atoms with Crippen LogP contribution < -0.4 is 118 Å². The molecule has 81 heavy (non-hydrogen) atoms. The van der Waals surface area contributed by atoms with E-state index in [9.17, 15) is 24.6 Å². The molecular formula is C57H69BrK2N8O13. The molecule has 0 fully saturated rings. The van der Waals surface area contributed by atoms with E-state index in [1.165, 1.54) is 21.3 Å². The van der Waals surface area contributed by atoms with Gasteiger partial charge in [0, 0.05) is 24.6 Å². The Morgan fingerprint density at radius 2 is 0.642 bits per heavy atom. The van der Waals surface area contributed by atoms with Gasteiger partial charge in [-0.2, -0.15) is 40.9 Å². The van der Waals surface area contributed by atoms with Gasteiger partial charge in [0.25, 0.3) is 6.47 Å². The fraction of sp³-hybridized carbons (Fsp3) is 0.298. The first kappa shape index (κ1) is 77.6. The van der Waals surface area contributed by atoms with Crippen LogP contribution in [-0.2, 0) is 38.3 Å². The zero-order chi connectivity index (χ0) is 55.7. The number of rotatable bonds is 25. The number of ether oxygens (including phenoxy) is 5. The summed E-state index contributed by atoms with van der Waals surface area (Å²) in [6.07, 6.45) is 6.29. The fourth-order valence-electron chi connectivity index (χ4n) is 5.68. The Labute approximate surface area is 568 Å². The topological polar surface area (TPSA) is 286 Å². The number of hydrogen-bond donors (Lipinski definition) is 2. The van der Waals surface area contributed by atoms with Crippen molar-refractivity contribution in [3.8, 4) is 23.0 Å². The maximum absolute atomic E-state index is 11.1. The van der Waals surface area contributed by atoms with E-state index < -0.39 is 0 Å². The molecular weight excluding hydrogens is 1160 g/mol. The molecule has 0 aliphatic rings. The zero-order valence-corrected chi connectivity index (χ0v) is 52.6. The largest absolute Gasteiger partial charge is 1.00 e. The molecule has 0 atom stereocenters. The van der Waals surface area contributed by atoms with Crippen LogP contribution in [0.1, 0.15) is 74.1 Å². The van der Waals surface area contributed by atoms with Crippen molar-refractivity contribution in [1.82, 2.24) is 0 Å². The summed E-state index contributed by atoms with van der Waals surface area (Å²) >= 11 is 3.27. The van der Waals surface area contributed by atoms with Gasteiger partial charge in [0.1, 0.15) is 23.0 Å². The van der Waals surface area contributed by atoms with Crippen LogP contribution in [0.25, 0.3) is 0 Å². The van der Waals surface area contributed by atoms with Crippen molar-refractivity contribution in [2.24, 2.45) is 40.9 Å². The number of azo groups is 4. The van der Waals surface area contributed by atoms with Crippen LogP contribution in [0.15, 0.2) is 187 Å². The van der Waals surface area contributed by atoms with Crippen LogP contribution in [0.2, 0.25) is 0 Å². The summed E-state index contributed by atoms with van der Waals surface area (Å²) in [4.78, 5) is 43.9. The number of nitrogens with zero attached hydrogens (tertiary/aromatic N) is 8. The third-order valence-corrected chi connectivity index (χ3v) is 10.3. The van der Waals surface area contributed by atoms with Gasteiger partial charge in [0.05, 0.1) is 80.0 Å². The quantitative estimate of drug-likeness (QED) is 0.00622. The molecule has 6 aromatic rings. The summed E-state index contributed by atoms with van der Waals surface area (Å²) in [5.74, 6) is 1.34. The monoisotopic (exact) mass is 1230 g/mol. The number of alkyl halides is 1. The van der Waals surface area contributed by atoms with E-state index in [-0.39, 0.29) is 155 Å². The number of carbonyl (C=O) groups is 4. The van der Waals surface area contributed by atoms with Gasteiger partial charge in [0.15, 0.2) is 0 Å². The summed E-state index contributed by atoms with van der Waals surface area (Å²) in [7, 11) is 4.19. The minimum Gasteiger partial charge on any atom is -1.00 e. The number of aromatic hydroxyl groups is 2. The number of hydrogen-bond acceptors (Lipinski definition) is 21. The summed E-state index contributed by atoms with van der Waals surface area (Å²) in [5, 5.41) is 61.3. The predicted molar refractivity (Wildman–Crippen MR) is 303 cm³/mol. The Bertz CT molecular complexity index is 2580. The Kier molecular flexibility index (Phi) is 47.1. The normalized spacial score (nSPS) is 10.1. The molecule has 24 heteroatoms. The van der Waals surface area contributed by atoms with E-state index in [4.69, 9.17) is 19.5 Å². The summed E-state index contributed by atoms with van der Waals surface area (Å²) in [5.41, 5.74) is 5.48. The second-order valence-electron chi connectivity index (χ2n) is 15.5. The van der Waals surface area contributed by atoms with Crippen LogP contribution in [0.3, 0.4) is 0 Å². The van der Waals surface area contributed by atoms with Crippen molar-refractivity contribution >= 4 is 85.8 Å². The van der Waals surface area contributed by atoms with Crippen molar-refractivity contribution < 1.29 is 167 Å². The molecule has 0 aliphatic carbocycles. The van der Waals surface area contributed by atoms with Gasteiger partial charge in [0.2, 0.25) is 0 Å². The molecule has 0 unspecified atom stereocenters. The van der Waals surface area contributed by atoms with Gasteiger partial charge < -0.3 is 45.5 Å². The zero-order valence-electron chi connectivity index (χ0n) is 45.8. The number of benzene rings is 6. The first-order valence-electron chi connectivity index (χ1n) is 23.9. The first-order valence-corrected chi connectivity index (χ1v) is 25.0.